The van der Waals surface area contributed by atoms with E-state index >= 15 is 0 Å². The van der Waals surface area contributed by atoms with Gasteiger partial charge in [0.2, 0.25) is 0 Å². The predicted octanol–water partition coefficient (Wildman–Crippen LogP) is 4.44. The fourth-order valence-corrected chi connectivity index (χ4v) is 5.11. The van der Waals surface area contributed by atoms with Crippen molar-refractivity contribution in [3.8, 4) is 0 Å². The van der Waals surface area contributed by atoms with Crippen LogP contribution in [-0.2, 0) is 13.1 Å². The zero-order valence-corrected chi connectivity index (χ0v) is 20.4. The molecule has 1 aliphatic heterocycles. The molecule has 4 aromatic rings. The third-order valence-corrected chi connectivity index (χ3v) is 6.98. The van der Waals surface area contributed by atoms with Gasteiger partial charge in [0, 0.05) is 55.4 Å². The fraction of sp³-hybridized carbons (Fsp3) is 0.286. The van der Waals surface area contributed by atoms with Crippen LogP contribution in [0.5, 0.6) is 0 Å². The second-order valence-electron chi connectivity index (χ2n) is 9.59. The first kappa shape index (κ1) is 24.0. The van der Waals surface area contributed by atoms with E-state index in [2.05, 4.69) is 40.3 Å². The van der Waals surface area contributed by atoms with Crippen molar-refractivity contribution in [3.63, 3.8) is 0 Å². The minimum absolute atomic E-state index is 0.191. The van der Waals surface area contributed by atoms with Crippen LogP contribution in [0, 0.1) is 5.82 Å². The first-order valence-corrected chi connectivity index (χ1v) is 12.1. The smallest absolute Gasteiger partial charge is 0.274 e. The Hall–Kier alpha value is -3.75. The summed E-state index contributed by atoms with van der Waals surface area (Å²) in [6, 6.07) is 18.9. The number of nitrogens with one attached hydrogen (secondary N) is 1. The molecular weight excluding hydrogens is 457 g/mol. The Bertz CT molecular complexity index is 1360. The summed E-state index contributed by atoms with van der Waals surface area (Å²) >= 11 is 0. The highest BCUT2D eigenvalue weighted by atomic mass is 19.1. The molecule has 2 atom stereocenters. The van der Waals surface area contributed by atoms with Crippen LogP contribution in [0.3, 0.4) is 0 Å². The topological polar surface area (TPSA) is 73.6 Å². The summed E-state index contributed by atoms with van der Waals surface area (Å²) < 4.78 is 15.7. The van der Waals surface area contributed by atoms with Crippen LogP contribution in [0.15, 0.2) is 73.1 Å². The van der Waals surface area contributed by atoms with Crippen molar-refractivity contribution >= 4 is 22.6 Å². The summed E-state index contributed by atoms with van der Waals surface area (Å²) in [6.07, 6.45) is 3.97. The summed E-state index contributed by atoms with van der Waals surface area (Å²) in [5.41, 5.74) is 6.09. The van der Waals surface area contributed by atoms with Gasteiger partial charge in [-0.25, -0.2) is 14.9 Å². The highest BCUT2D eigenvalue weighted by Crippen LogP contribution is 2.27. The quantitative estimate of drug-likeness (QED) is 0.311. The van der Waals surface area contributed by atoms with E-state index in [-0.39, 0.29) is 5.82 Å². The number of fused-ring (bicyclic) bond motifs is 1. The van der Waals surface area contributed by atoms with Gasteiger partial charge in [-0.2, -0.15) is 0 Å². The Balaban J connectivity index is 1.28. The van der Waals surface area contributed by atoms with Crippen molar-refractivity contribution in [2.45, 2.75) is 39.0 Å². The van der Waals surface area contributed by atoms with E-state index in [0.717, 1.165) is 47.5 Å². The molecule has 1 aliphatic rings. The molecule has 1 fully saturated rings. The normalized spacial score (nSPS) is 18.5. The molecule has 0 aliphatic carbocycles. The van der Waals surface area contributed by atoms with E-state index in [1.54, 1.807) is 29.7 Å². The first-order chi connectivity index (χ1) is 17.4. The number of carbonyl (C=O) groups excluding carboxylic acids is 1. The second-order valence-corrected chi connectivity index (χ2v) is 9.59. The van der Waals surface area contributed by atoms with Crippen molar-refractivity contribution in [1.29, 1.82) is 0 Å². The lowest BCUT2D eigenvalue weighted by Crippen LogP contribution is -2.56. The van der Waals surface area contributed by atoms with Gasteiger partial charge in [0.25, 0.3) is 5.91 Å². The van der Waals surface area contributed by atoms with Crippen LogP contribution in [0.1, 0.15) is 35.3 Å². The van der Waals surface area contributed by atoms with Gasteiger partial charge in [-0.15, -0.1) is 0 Å². The third kappa shape index (κ3) is 4.96. The van der Waals surface area contributed by atoms with Gasteiger partial charge >= 0.3 is 0 Å². The Kier molecular flexibility index (Phi) is 6.71. The van der Waals surface area contributed by atoms with E-state index in [1.165, 1.54) is 6.07 Å². The lowest BCUT2D eigenvalue weighted by atomic mass is 10.1. The monoisotopic (exact) mass is 487 g/mol. The number of hydroxylamine groups is 1. The maximum atomic E-state index is 13.7. The molecule has 2 aromatic carbocycles. The number of pyridine rings is 1. The molecule has 7 nitrogen and oxygen atoms in total. The maximum absolute atomic E-state index is 13.7. The number of carbonyl (C=O) groups is 1. The largest absolute Gasteiger partial charge is 0.367 e. The Morgan fingerprint density at radius 3 is 2.47 bits per heavy atom. The Morgan fingerprint density at radius 2 is 1.78 bits per heavy atom. The summed E-state index contributed by atoms with van der Waals surface area (Å²) in [4.78, 5) is 21.1. The van der Waals surface area contributed by atoms with Crippen molar-refractivity contribution in [2.75, 3.05) is 18.0 Å². The zero-order chi connectivity index (χ0) is 25.2. The number of rotatable bonds is 6. The second kappa shape index (κ2) is 10.1. The number of hydrogen-bond donors (Lipinski definition) is 2. The van der Waals surface area contributed by atoms with Crippen LogP contribution < -0.4 is 10.4 Å². The average molecular weight is 488 g/mol. The highest BCUT2D eigenvalue weighted by Gasteiger charge is 2.30. The van der Waals surface area contributed by atoms with E-state index in [1.807, 2.05) is 30.6 Å². The molecule has 8 heteroatoms. The fourth-order valence-electron chi connectivity index (χ4n) is 5.11. The zero-order valence-electron chi connectivity index (χ0n) is 20.4. The number of nitrogens with zero attached hydrogens (tertiary/aromatic N) is 4. The van der Waals surface area contributed by atoms with Gasteiger partial charge in [0.05, 0.1) is 11.9 Å². The van der Waals surface area contributed by atoms with Crippen molar-refractivity contribution in [1.82, 2.24) is 19.9 Å². The predicted molar refractivity (Wildman–Crippen MR) is 138 cm³/mol. The molecule has 2 N–H and O–H groups in total. The molecule has 0 unspecified atom stereocenters. The third-order valence-electron chi connectivity index (χ3n) is 6.98. The number of aromatic nitrogens is 2. The molecule has 36 heavy (non-hydrogen) atoms. The van der Waals surface area contributed by atoms with Gasteiger partial charge in [-0.3, -0.25) is 14.9 Å². The van der Waals surface area contributed by atoms with Gasteiger partial charge in [-0.05, 0) is 61.4 Å². The SMILES string of the molecule is C[C@@H]1CN(c2cnc3c(ccn3Cc3ccc(C(=O)NO)cc3)c2)C[C@H](C)N1Cc1cccc(F)c1. The molecule has 2 aromatic heterocycles. The van der Waals surface area contributed by atoms with Crippen LogP contribution in [0.2, 0.25) is 0 Å². The van der Waals surface area contributed by atoms with Crippen molar-refractivity contribution in [2.24, 2.45) is 0 Å². The summed E-state index contributed by atoms with van der Waals surface area (Å²) in [6.45, 7) is 7.56. The van der Waals surface area contributed by atoms with Crippen LogP contribution in [-0.4, -0.2) is 50.7 Å². The van der Waals surface area contributed by atoms with Crippen LogP contribution in [0.4, 0.5) is 10.1 Å². The summed E-state index contributed by atoms with van der Waals surface area (Å²) in [5.74, 6) is -0.718. The van der Waals surface area contributed by atoms with E-state index in [4.69, 9.17) is 10.2 Å². The van der Waals surface area contributed by atoms with E-state index in [0.29, 0.717) is 24.2 Å². The number of amides is 1. The van der Waals surface area contributed by atoms with Gasteiger partial charge in [-0.1, -0.05) is 24.3 Å². The van der Waals surface area contributed by atoms with Crippen molar-refractivity contribution < 1.29 is 14.4 Å². The molecule has 5 rings (SSSR count). The average Bonchev–Trinajstić information content (AvgIpc) is 3.28. The number of benzene rings is 2. The van der Waals surface area contributed by atoms with Gasteiger partial charge < -0.3 is 9.47 Å². The summed E-state index contributed by atoms with van der Waals surface area (Å²) in [5, 5.41) is 9.86. The standard InChI is InChI=1S/C28H30FN5O2/c1-19-15-33(16-20(2)34(19)18-22-4-3-5-25(29)12-22)26-13-24-10-11-32(27(24)30-14-26)17-21-6-8-23(9-7-21)28(35)31-36/h3-14,19-20,36H,15-18H2,1-2H3,(H,31,35)/t19-,20+. The number of piperazine rings is 1. The van der Waals surface area contributed by atoms with Crippen molar-refractivity contribution in [3.05, 3.63) is 95.6 Å². The van der Waals surface area contributed by atoms with E-state index in [9.17, 15) is 9.18 Å². The first-order valence-electron chi connectivity index (χ1n) is 12.1. The van der Waals surface area contributed by atoms with Gasteiger partial charge in [0.1, 0.15) is 11.5 Å². The van der Waals surface area contributed by atoms with Gasteiger partial charge in [0.15, 0.2) is 0 Å². The Morgan fingerprint density at radius 1 is 1.03 bits per heavy atom. The molecule has 1 saturated heterocycles. The minimum Gasteiger partial charge on any atom is -0.367 e. The molecule has 1 amide bonds. The number of hydrogen-bond acceptors (Lipinski definition) is 5. The highest BCUT2D eigenvalue weighted by molar-refractivity contribution is 5.93. The molecular formula is C28H30FN5O2. The Labute approximate surface area is 209 Å². The molecule has 0 bridgehead atoms. The molecule has 0 radical (unpaired) electrons. The lowest BCUT2D eigenvalue weighted by molar-refractivity contribution is 0.0706. The van der Waals surface area contributed by atoms with Crippen LogP contribution >= 0.6 is 0 Å². The molecule has 0 saturated carbocycles. The van der Waals surface area contributed by atoms with Crippen LogP contribution in [0.25, 0.3) is 11.0 Å². The number of halogens is 1. The molecule has 186 valence electrons. The lowest BCUT2D eigenvalue weighted by Gasteiger charge is -2.45. The summed E-state index contributed by atoms with van der Waals surface area (Å²) in [7, 11) is 0. The van der Waals surface area contributed by atoms with E-state index < -0.39 is 5.91 Å². The number of anilines is 1. The minimum atomic E-state index is -0.527. The molecule has 3 heterocycles. The maximum Gasteiger partial charge on any atom is 0.274 e. The molecule has 0 spiro atoms.